The Bertz CT molecular complexity index is 265. The first-order valence-electron chi connectivity index (χ1n) is 3.55. The molecular formula is C6H11N3O6. The van der Waals surface area contributed by atoms with Crippen molar-refractivity contribution >= 4 is 12.3 Å². The van der Waals surface area contributed by atoms with Crippen LogP contribution in [0.5, 0.6) is 0 Å². The SMILES string of the molecule is CC(C)(C)OC(=O)O.[N-]=[N+]=NOC(=O)O. The van der Waals surface area contributed by atoms with E-state index in [9.17, 15) is 9.59 Å². The Morgan fingerprint density at radius 2 is 1.73 bits per heavy atom. The summed E-state index contributed by atoms with van der Waals surface area (Å²) in [7, 11) is 0. The minimum Gasteiger partial charge on any atom is -0.450 e. The van der Waals surface area contributed by atoms with Gasteiger partial charge in [-0.2, -0.15) is 0 Å². The number of hydrogen-bond acceptors (Lipinski definition) is 5. The average molecular weight is 221 g/mol. The zero-order valence-electron chi connectivity index (χ0n) is 8.37. The van der Waals surface area contributed by atoms with E-state index in [0.717, 1.165) is 0 Å². The fourth-order valence-electron chi connectivity index (χ4n) is 0.315. The van der Waals surface area contributed by atoms with Crippen LogP contribution in [0.2, 0.25) is 0 Å². The van der Waals surface area contributed by atoms with Crippen LogP contribution in [-0.4, -0.2) is 28.1 Å². The number of ether oxygens (including phenoxy) is 1. The Kier molecular flexibility index (Phi) is 7.43. The summed E-state index contributed by atoms with van der Waals surface area (Å²) in [6, 6.07) is 0. The minimum absolute atomic E-state index is 0.578. The maximum Gasteiger partial charge on any atom is 0.517 e. The van der Waals surface area contributed by atoms with Crippen molar-refractivity contribution in [3.63, 3.8) is 0 Å². The summed E-state index contributed by atoms with van der Waals surface area (Å²) in [5, 5.41) is 17.8. The molecule has 0 atom stereocenters. The van der Waals surface area contributed by atoms with Gasteiger partial charge in [0.1, 0.15) is 10.9 Å². The molecule has 0 rings (SSSR count). The van der Waals surface area contributed by atoms with Crippen molar-refractivity contribution in [2.45, 2.75) is 26.4 Å². The highest BCUT2D eigenvalue weighted by Crippen LogP contribution is 2.05. The van der Waals surface area contributed by atoms with Crippen molar-refractivity contribution in [1.29, 1.82) is 0 Å². The van der Waals surface area contributed by atoms with Crippen molar-refractivity contribution in [1.82, 2.24) is 0 Å². The first-order chi connectivity index (χ1) is 6.69. The molecule has 0 aromatic rings. The summed E-state index contributed by atoms with van der Waals surface area (Å²) in [6.07, 6.45) is -2.84. The Balaban J connectivity index is 0. The van der Waals surface area contributed by atoms with Crippen molar-refractivity contribution < 1.29 is 29.4 Å². The second-order valence-corrected chi connectivity index (χ2v) is 3.01. The lowest BCUT2D eigenvalue weighted by Crippen LogP contribution is -2.22. The minimum atomic E-state index is -1.61. The van der Waals surface area contributed by atoms with Gasteiger partial charge in [-0.3, -0.25) is 0 Å². The molecule has 0 amide bonds. The molecule has 0 fully saturated rings. The van der Waals surface area contributed by atoms with Crippen LogP contribution in [0.3, 0.4) is 0 Å². The molecule has 0 saturated carbocycles. The number of azide groups is 1. The van der Waals surface area contributed by atoms with Gasteiger partial charge in [0.25, 0.3) is 0 Å². The Labute approximate surface area is 84.8 Å². The van der Waals surface area contributed by atoms with Crippen LogP contribution < -0.4 is 0 Å². The van der Waals surface area contributed by atoms with E-state index in [-0.39, 0.29) is 0 Å². The quantitative estimate of drug-likeness (QED) is 0.229. The Hall–Kier alpha value is -2.15. The molecule has 86 valence electrons. The molecule has 0 spiro atoms. The van der Waals surface area contributed by atoms with E-state index in [2.05, 4.69) is 14.9 Å². The fraction of sp³-hybridized carbons (Fsp3) is 0.667. The van der Waals surface area contributed by atoms with Crippen LogP contribution in [0.4, 0.5) is 9.59 Å². The van der Waals surface area contributed by atoms with Gasteiger partial charge in [0.05, 0.1) is 0 Å². The molecule has 15 heavy (non-hydrogen) atoms. The first kappa shape index (κ1) is 15.3. The van der Waals surface area contributed by atoms with Crippen LogP contribution in [0.25, 0.3) is 10.4 Å². The molecule has 0 aliphatic heterocycles. The predicted octanol–water partition coefficient (Wildman–Crippen LogP) is 2.39. The maximum absolute atomic E-state index is 9.79. The third-order valence-corrected chi connectivity index (χ3v) is 0.549. The second kappa shape index (κ2) is 7.27. The van der Waals surface area contributed by atoms with Crippen molar-refractivity contribution in [2.75, 3.05) is 0 Å². The molecular weight excluding hydrogens is 210 g/mol. The number of rotatable bonds is 1. The molecule has 0 bridgehead atoms. The lowest BCUT2D eigenvalue weighted by atomic mass is 10.2. The lowest BCUT2D eigenvalue weighted by molar-refractivity contribution is 0.0150. The van der Waals surface area contributed by atoms with Crippen LogP contribution >= 0.6 is 0 Å². The number of hydrogen-bond donors (Lipinski definition) is 2. The highest BCUT2D eigenvalue weighted by Gasteiger charge is 2.13. The van der Waals surface area contributed by atoms with E-state index < -0.39 is 17.9 Å². The van der Waals surface area contributed by atoms with E-state index in [0.29, 0.717) is 0 Å². The second-order valence-electron chi connectivity index (χ2n) is 3.01. The molecule has 2 N–H and O–H groups in total. The van der Waals surface area contributed by atoms with Crippen LogP contribution in [0, 0.1) is 0 Å². The van der Waals surface area contributed by atoms with Crippen molar-refractivity contribution in [3.05, 3.63) is 10.4 Å². The summed E-state index contributed by atoms with van der Waals surface area (Å²) >= 11 is 0. The molecule has 0 unspecified atom stereocenters. The number of carbonyl (C=O) groups is 2. The number of carboxylic acid groups (broad SMARTS) is 2. The molecule has 0 aliphatic carbocycles. The zero-order valence-corrected chi connectivity index (χ0v) is 8.37. The van der Waals surface area contributed by atoms with E-state index in [1.165, 1.54) is 0 Å². The maximum atomic E-state index is 9.79. The zero-order chi connectivity index (χ0) is 12.5. The smallest absolute Gasteiger partial charge is 0.450 e. The third-order valence-electron chi connectivity index (χ3n) is 0.549. The van der Waals surface area contributed by atoms with E-state index in [1.54, 1.807) is 20.8 Å². The first-order valence-corrected chi connectivity index (χ1v) is 3.55. The van der Waals surface area contributed by atoms with Crippen LogP contribution in [-0.2, 0) is 9.57 Å². The molecule has 9 heteroatoms. The molecule has 0 saturated heterocycles. The normalized spacial score (nSPS) is 8.73. The highest BCUT2D eigenvalue weighted by molar-refractivity contribution is 5.57. The summed E-state index contributed by atoms with van der Waals surface area (Å²) in [5.41, 5.74) is 6.81. The molecule has 0 aromatic heterocycles. The molecule has 0 radical (unpaired) electrons. The average Bonchev–Trinajstić information content (AvgIpc) is 1.96. The summed E-state index contributed by atoms with van der Waals surface area (Å²) in [6.45, 7) is 5.04. The lowest BCUT2D eigenvalue weighted by Gasteiger charge is -2.15. The molecule has 0 aliphatic rings. The summed E-state index contributed by atoms with van der Waals surface area (Å²) in [4.78, 5) is 24.4. The number of nitrogens with zero attached hydrogens (tertiary/aromatic N) is 3. The predicted molar refractivity (Wildman–Crippen MR) is 47.1 cm³/mol. The van der Waals surface area contributed by atoms with Gasteiger partial charge in [-0.1, -0.05) is 0 Å². The Morgan fingerprint density at radius 3 is 1.80 bits per heavy atom. The highest BCUT2D eigenvalue weighted by atomic mass is 16.8. The monoisotopic (exact) mass is 221 g/mol. The molecule has 0 aromatic carbocycles. The van der Waals surface area contributed by atoms with Gasteiger partial charge in [-0.15, -0.1) is 0 Å². The van der Waals surface area contributed by atoms with Crippen LogP contribution in [0.1, 0.15) is 20.8 Å². The van der Waals surface area contributed by atoms with Gasteiger partial charge in [0.2, 0.25) is 0 Å². The van der Waals surface area contributed by atoms with Gasteiger partial charge in [-0.25, -0.2) is 9.59 Å². The van der Waals surface area contributed by atoms with Gasteiger partial charge < -0.3 is 19.8 Å². The summed E-state index contributed by atoms with van der Waals surface area (Å²) < 4.78 is 4.35. The van der Waals surface area contributed by atoms with E-state index in [4.69, 9.17) is 15.7 Å². The van der Waals surface area contributed by atoms with Gasteiger partial charge in [0, 0.05) is 4.91 Å². The molecule has 0 heterocycles. The standard InChI is InChI=1S/C5H10O3.CHN3O3/c1-5(2,3)8-4(6)7;2-3-4-7-1(5)6/h1-3H3,(H,6,7);(H,5,6). The molecule has 9 nitrogen and oxygen atoms in total. The van der Waals surface area contributed by atoms with Crippen molar-refractivity contribution in [2.24, 2.45) is 5.28 Å². The van der Waals surface area contributed by atoms with Gasteiger partial charge in [0.15, 0.2) is 0 Å². The van der Waals surface area contributed by atoms with Crippen LogP contribution in [0.15, 0.2) is 5.28 Å². The fourth-order valence-corrected chi connectivity index (χ4v) is 0.315. The largest absolute Gasteiger partial charge is 0.517 e. The van der Waals surface area contributed by atoms with Gasteiger partial charge >= 0.3 is 12.3 Å². The van der Waals surface area contributed by atoms with Gasteiger partial charge in [-0.05, 0) is 26.3 Å². The summed E-state index contributed by atoms with van der Waals surface area (Å²) in [5.74, 6) is 0. The van der Waals surface area contributed by atoms with Crippen molar-refractivity contribution in [3.8, 4) is 0 Å². The van der Waals surface area contributed by atoms with E-state index in [1.807, 2.05) is 4.91 Å². The third kappa shape index (κ3) is 24.5. The van der Waals surface area contributed by atoms with E-state index >= 15 is 0 Å². The Morgan fingerprint density at radius 1 is 1.27 bits per heavy atom. The topological polar surface area (TPSA) is 142 Å².